The van der Waals surface area contributed by atoms with Crippen LogP contribution in [0.4, 0.5) is 0 Å². The number of thiazole rings is 1. The van der Waals surface area contributed by atoms with E-state index in [1.54, 1.807) is 18.0 Å². The molecular formula is C8H11NO2S2. The average Bonchev–Trinajstić information content (AvgIpc) is 2.52. The van der Waals surface area contributed by atoms with Crippen LogP contribution in [-0.2, 0) is 4.74 Å². The Morgan fingerprint density at radius 3 is 3.08 bits per heavy atom. The van der Waals surface area contributed by atoms with Gasteiger partial charge in [0.1, 0.15) is 11.5 Å². The van der Waals surface area contributed by atoms with Crippen LogP contribution in [-0.4, -0.2) is 29.6 Å². The molecule has 0 spiro atoms. The van der Waals surface area contributed by atoms with Gasteiger partial charge in [-0.05, 0) is 13.2 Å². The molecule has 1 rings (SSSR count). The molecule has 0 fully saturated rings. The highest BCUT2D eigenvalue weighted by atomic mass is 32.2. The topological polar surface area (TPSA) is 39.2 Å². The normalized spacial score (nSPS) is 10.0. The Morgan fingerprint density at radius 1 is 1.77 bits per heavy atom. The molecule has 0 aliphatic heterocycles. The number of hydrogen-bond acceptors (Lipinski definition) is 5. The predicted octanol–water partition coefficient (Wildman–Crippen LogP) is 1.97. The molecule has 0 N–H and O–H groups in total. The van der Waals surface area contributed by atoms with Gasteiger partial charge < -0.3 is 4.74 Å². The Morgan fingerprint density at radius 2 is 2.54 bits per heavy atom. The molecule has 0 unspecified atom stereocenters. The van der Waals surface area contributed by atoms with E-state index in [1.807, 2.05) is 13.2 Å². The van der Waals surface area contributed by atoms with E-state index in [0.29, 0.717) is 11.5 Å². The molecule has 0 aliphatic carbocycles. The Kier molecular flexibility index (Phi) is 4.24. The van der Waals surface area contributed by atoms with Crippen LogP contribution in [0.3, 0.4) is 0 Å². The summed E-state index contributed by atoms with van der Waals surface area (Å²) in [6.07, 6.45) is 3.53. The lowest BCUT2D eigenvalue weighted by Crippen LogP contribution is -2.05. The van der Waals surface area contributed by atoms with Crippen molar-refractivity contribution in [2.24, 2.45) is 0 Å². The first kappa shape index (κ1) is 10.5. The number of hydrogen-bond donors (Lipinski definition) is 0. The first-order chi connectivity index (χ1) is 6.24. The lowest BCUT2D eigenvalue weighted by atomic mass is 10.6. The first-order valence-corrected chi connectivity index (χ1v) is 6.03. The smallest absolute Gasteiger partial charge is 0.349 e. The minimum atomic E-state index is -0.264. The highest BCUT2D eigenvalue weighted by Crippen LogP contribution is 2.12. The summed E-state index contributed by atoms with van der Waals surface area (Å²) in [4.78, 5) is 15.8. The number of aromatic nitrogens is 1. The molecule has 3 nitrogen and oxygen atoms in total. The van der Waals surface area contributed by atoms with Gasteiger partial charge >= 0.3 is 5.97 Å². The number of nitrogens with zero attached hydrogens (tertiary/aromatic N) is 1. The van der Waals surface area contributed by atoms with Crippen molar-refractivity contribution < 1.29 is 9.53 Å². The molecule has 0 aromatic carbocycles. The fourth-order valence-electron chi connectivity index (χ4n) is 0.745. The molecule has 0 atom stereocenters. The molecule has 0 radical (unpaired) electrons. The minimum absolute atomic E-state index is 0.264. The number of ether oxygens (including phenoxy) is 1. The van der Waals surface area contributed by atoms with Crippen molar-refractivity contribution in [2.45, 2.75) is 6.92 Å². The van der Waals surface area contributed by atoms with Gasteiger partial charge in [-0.3, -0.25) is 0 Å². The first-order valence-electron chi connectivity index (χ1n) is 3.82. The zero-order valence-electron chi connectivity index (χ0n) is 7.57. The van der Waals surface area contributed by atoms with Crippen LogP contribution in [0, 0.1) is 6.92 Å². The average molecular weight is 217 g/mol. The van der Waals surface area contributed by atoms with Crippen molar-refractivity contribution >= 4 is 29.1 Å². The lowest BCUT2D eigenvalue weighted by molar-refractivity contribution is 0.0536. The largest absolute Gasteiger partial charge is 0.461 e. The fourth-order valence-corrected chi connectivity index (χ4v) is 1.67. The zero-order valence-corrected chi connectivity index (χ0v) is 9.20. The maximum absolute atomic E-state index is 11.3. The number of carbonyl (C=O) groups excluding carboxylic acids is 1. The standard InChI is InChI=1S/C8H11NO2S2/c1-6-9-5-7(13-6)8(10)11-3-4-12-2/h5H,3-4H2,1-2H3. The maximum atomic E-state index is 11.3. The summed E-state index contributed by atoms with van der Waals surface area (Å²) >= 11 is 3.02. The van der Waals surface area contributed by atoms with Gasteiger partial charge in [0.25, 0.3) is 0 Å². The Balaban J connectivity index is 2.40. The van der Waals surface area contributed by atoms with Crippen LogP contribution >= 0.6 is 23.1 Å². The molecule has 5 heteroatoms. The van der Waals surface area contributed by atoms with E-state index in [4.69, 9.17) is 4.74 Å². The number of thioether (sulfide) groups is 1. The summed E-state index contributed by atoms with van der Waals surface area (Å²) < 4.78 is 4.99. The van der Waals surface area contributed by atoms with Gasteiger partial charge in [-0.15, -0.1) is 11.3 Å². The summed E-state index contributed by atoms with van der Waals surface area (Å²) in [6.45, 7) is 2.33. The molecule has 0 aliphatic rings. The number of aryl methyl sites for hydroxylation is 1. The van der Waals surface area contributed by atoms with Gasteiger partial charge in [-0.1, -0.05) is 0 Å². The lowest BCUT2D eigenvalue weighted by Gasteiger charge is -1.99. The SMILES string of the molecule is CSCCOC(=O)c1cnc(C)s1. The van der Waals surface area contributed by atoms with E-state index in [9.17, 15) is 4.79 Å². The van der Waals surface area contributed by atoms with Crippen LogP contribution in [0.15, 0.2) is 6.20 Å². The highest BCUT2D eigenvalue weighted by Gasteiger charge is 2.09. The second-order valence-electron chi connectivity index (χ2n) is 2.37. The molecule has 1 aromatic rings. The summed E-state index contributed by atoms with van der Waals surface area (Å²) in [5, 5.41) is 0.886. The maximum Gasteiger partial charge on any atom is 0.349 e. The van der Waals surface area contributed by atoms with Crippen molar-refractivity contribution in [3.8, 4) is 0 Å². The van der Waals surface area contributed by atoms with E-state index >= 15 is 0 Å². The van der Waals surface area contributed by atoms with Crippen LogP contribution in [0.2, 0.25) is 0 Å². The monoisotopic (exact) mass is 217 g/mol. The molecule has 13 heavy (non-hydrogen) atoms. The highest BCUT2D eigenvalue weighted by molar-refractivity contribution is 7.98. The molecule has 0 amide bonds. The van der Waals surface area contributed by atoms with Crippen LogP contribution in [0.5, 0.6) is 0 Å². The van der Waals surface area contributed by atoms with E-state index in [1.165, 1.54) is 11.3 Å². The van der Waals surface area contributed by atoms with Crippen molar-refractivity contribution in [1.29, 1.82) is 0 Å². The second-order valence-corrected chi connectivity index (χ2v) is 4.59. The molecule has 0 saturated carbocycles. The summed E-state index contributed by atoms with van der Waals surface area (Å²) in [5.41, 5.74) is 0. The summed E-state index contributed by atoms with van der Waals surface area (Å²) in [7, 11) is 0. The molecule has 0 bridgehead atoms. The van der Waals surface area contributed by atoms with Gasteiger partial charge in [-0.25, -0.2) is 9.78 Å². The van der Waals surface area contributed by atoms with Gasteiger partial charge in [0.2, 0.25) is 0 Å². The van der Waals surface area contributed by atoms with Crippen LogP contribution in [0.25, 0.3) is 0 Å². The van der Waals surface area contributed by atoms with Crippen molar-refractivity contribution in [1.82, 2.24) is 4.98 Å². The Hall–Kier alpha value is -0.550. The van der Waals surface area contributed by atoms with Crippen molar-refractivity contribution in [3.05, 3.63) is 16.1 Å². The van der Waals surface area contributed by atoms with E-state index in [0.717, 1.165) is 10.8 Å². The van der Waals surface area contributed by atoms with E-state index in [-0.39, 0.29) is 5.97 Å². The van der Waals surface area contributed by atoms with Gasteiger partial charge in [0, 0.05) is 5.75 Å². The van der Waals surface area contributed by atoms with Crippen molar-refractivity contribution in [2.75, 3.05) is 18.6 Å². The fraction of sp³-hybridized carbons (Fsp3) is 0.500. The second kappa shape index (κ2) is 5.24. The Labute approximate surface area is 85.5 Å². The zero-order chi connectivity index (χ0) is 9.68. The van der Waals surface area contributed by atoms with Gasteiger partial charge in [0.15, 0.2) is 0 Å². The Bertz CT molecular complexity index is 285. The minimum Gasteiger partial charge on any atom is -0.461 e. The molecule has 1 heterocycles. The third-order valence-electron chi connectivity index (χ3n) is 1.34. The summed E-state index contributed by atoms with van der Waals surface area (Å²) in [6, 6.07) is 0. The molecular weight excluding hydrogens is 206 g/mol. The van der Waals surface area contributed by atoms with Crippen LogP contribution in [0.1, 0.15) is 14.7 Å². The van der Waals surface area contributed by atoms with Gasteiger partial charge in [-0.2, -0.15) is 11.8 Å². The third-order valence-corrected chi connectivity index (χ3v) is 2.81. The summed E-state index contributed by atoms with van der Waals surface area (Å²) in [5.74, 6) is 0.573. The molecule has 1 aromatic heterocycles. The quantitative estimate of drug-likeness (QED) is 0.571. The molecule has 72 valence electrons. The number of rotatable bonds is 4. The van der Waals surface area contributed by atoms with Gasteiger partial charge in [0.05, 0.1) is 11.2 Å². The number of esters is 1. The van der Waals surface area contributed by atoms with E-state index < -0.39 is 0 Å². The van der Waals surface area contributed by atoms with Crippen molar-refractivity contribution in [3.63, 3.8) is 0 Å². The predicted molar refractivity (Wildman–Crippen MR) is 55.5 cm³/mol. The van der Waals surface area contributed by atoms with E-state index in [2.05, 4.69) is 4.98 Å². The molecule has 0 saturated heterocycles. The van der Waals surface area contributed by atoms with Crippen LogP contribution < -0.4 is 0 Å². The third kappa shape index (κ3) is 3.36. The number of carbonyl (C=O) groups is 1.